The molecule has 0 aliphatic carbocycles. The van der Waals surface area contributed by atoms with Crippen LogP contribution in [0.4, 0.5) is 8.78 Å². The van der Waals surface area contributed by atoms with Crippen molar-refractivity contribution in [2.75, 3.05) is 6.54 Å². The van der Waals surface area contributed by atoms with Gasteiger partial charge in [0.15, 0.2) is 0 Å². The van der Waals surface area contributed by atoms with Gasteiger partial charge in [-0.15, -0.1) is 0 Å². The van der Waals surface area contributed by atoms with Crippen molar-refractivity contribution >= 4 is 5.91 Å². The van der Waals surface area contributed by atoms with Gasteiger partial charge in [0.25, 0.3) is 0 Å². The largest absolute Gasteiger partial charge is 0.489 e. The van der Waals surface area contributed by atoms with Crippen molar-refractivity contribution < 1.29 is 18.3 Å². The number of hydrogen-bond acceptors (Lipinski definition) is 3. The van der Waals surface area contributed by atoms with Crippen LogP contribution >= 0.6 is 0 Å². The summed E-state index contributed by atoms with van der Waals surface area (Å²) in [6, 6.07) is 10.3. The number of likely N-dealkylation sites (tertiary alicyclic amines) is 1. The summed E-state index contributed by atoms with van der Waals surface area (Å²) < 4.78 is 33.3. The van der Waals surface area contributed by atoms with Gasteiger partial charge >= 0.3 is 0 Å². The number of amides is 1. The third-order valence-electron chi connectivity index (χ3n) is 4.84. The Morgan fingerprint density at radius 2 is 2.04 bits per heavy atom. The highest BCUT2D eigenvalue weighted by atomic mass is 19.1. The zero-order chi connectivity index (χ0) is 19.6. The van der Waals surface area contributed by atoms with Crippen LogP contribution in [0.1, 0.15) is 31.4 Å². The van der Waals surface area contributed by atoms with E-state index in [2.05, 4.69) is 13.8 Å². The standard InChI is InChI=1S/C21H24F2N2O2/c1-21(2)10-19(20(24)26)25(13-21)11-15-6-7-17(9-18(15)23)27-12-14-4-3-5-16(22)8-14/h3-9,19H,10-13H2,1-2H3,(H2,24,26)/t19-/m0/s1. The quantitative estimate of drug-likeness (QED) is 0.840. The predicted molar refractivity (Wildman–Crippen MR) is 98.9 cm³/mol. The summed E-state index contributed by atoms with van der Waals surface area (Å²) in [4.78, 5) is 13.6. The number of rotatable bonds is 6. The third kappa shape index (κ3) is 4.83. The first-order chi connectivity index (χ1) is 12.7. The number of ether oxygens (including phenoxy) is 1. The second-order valence-electron chi connectivity index (χ2n) is 7.86. The van der Waals surface area contributed by atoms with E-state index in [1.165, 1.54) is 18.2 Å². The Morgan fingerprint density at radius 3 is 2.70 bits per heavy atom. The zero-order valence-corrected chi connectivity index (χ0v) is 15.5. The molecule has 6 heteroatoms. The lowest BCUT2D eigenvalue weighted by molar-refractivity contribution is -0.122. The van der Waals surface area contributed by atoms with Crippen LogP contribution in [0.5, 0.6) is 5.75 Å². The van der Waals surface area contributed by atoms with Gasteiger partial charge in [0, 0.05) is 24.7 Å². The van der Waals surface area contributed by atoms with E-state index >= 15 is 0 Å². The Kier molecular flexibility index (Phi) is 5.46. The third-order valence-corrected chi connectivity index (χ3v) is 4.84. The summed E-state index contributed by atoms with van der Waals surface area (Å²) in [5.41, 5.74) is 6.62. The molecule has 0 aromatic heterocycles. The molecule has 0 radical (unpaired) electrons. The van der Waals surface area contributed by atoms with Crippen LogP contribution in [0, 0.1) is 17.0 Å². The maximum atomic E-state index is 14.5. The molecule has 144 valence electrons. The van der Waals surface area contributed by atoms with Gasteiger partial charge in [-0.05, 0) is 35.6 Å². The Labute approximate surface area is 157 Å². The lowest BCUT2D eigenvalue weighted by Crippen LogP contribution is -2.39. The summed E-state index contributed by atoms with van der Waals surface area (Å²) in [6.45, 7) is 5.29. The van der Waals surface area contributed by atoms with E-state index in [0.717, 1.165) is 0 Å². The Bertz CT molecular complexity index is 839. The van der Waals surface area contributed by atoms with Crippen LogP contribution in [0.15, 0.2) is 42.5 Å². The molecule has 2 aromatic rings. The van der Waals surface area contributed by atoms with Gasteiger partial charge in [0.1, 0.15) is 24.0 Å². The Hall–Kier alpha value is -2.47. The number of carbonyl (C=O) groups excluding carboxylic acids is 1. The molecule has 0 spiro atoms. The summed E-state index contributed by atoms with van der Waals surface area (Å²) in [7, 11) is 0. The minimum atomic E-state index is -0.403. The van der Waals surface area contributed by atoms with Crippen LogP contribution in [-0.2, 0) is 17.9 Å². The number of nitrogens with two attached hydrogens (primary N) is 1. The van der Waals surface area contributed by atoms with Crippen LogP contribution in [0.3, 0.4) is 0 Å². The molecule has 0 unspecified atom stereocenters. The monoisotopic (exact) mass is 374 g/mol. The lowest BCUT2D eigenvalue weighted by atomic mass is 9.90. The molecule has 1 aliphatic heterocycles. The molecule has 1 amide bonds. The van der Waals surface area contributed by atoms with Gasteiger partial charge in [-0.25, -0.2) is 8.78 Å². The first kappa shape index (κ1) is 19.3. The minimum Gasteiger partial charge on any atom is -0.489 e. The van der Waals surface area contributed by atoms with Crippen molar-refractivity contribution in [3.63, 3.8) is 0 Å². The first-order valence-corrected chi connectivity index (χ1v) is 8.92. The molecule has 2 aromatic carbocycles. The molecule has 0 saturated carbocycles. The van der Waals surface area contributed by atoms with Gasteiger partial charge in [-0.1, -0.05) is 32.0 Å². The Morgan fingerprint density at radius 1 is 1.26 bits per heavy atom. The first-order valence-electron chi connectivity index (χ1n) is 8.92. The molecule has 1 fully saturated rings. The molecule has 1 saturated heterocycles. The number of hydrogen-bond donors (Lipinski definition) is 1. The van der Waals surface area contributed by atoms with Crippen molar-refractivity contribution in [2.45, 2.75) is 39.5 Å². The van der Waals surface area contributed by atoms with Gasteiger partial charge in [0.05, 0.1) is 6.04 Å². The second kappa shape index (κ2) is 7.64. The highest BCUT2D eigenvalue weighted by molar-refractivity contribution is 5.80. The van der Waals surface area contributed by atoms with Crippen LogP contribution < -0.4 is 10.5 Å². The number of benzene rings is 2. The van der Waals surface area contributed by atoms with E-state index in [1.807, 2.05) is 4.90 Å². The molecule has 4 nitrogen and oxygen atoms in total. The smallest absolute Gasteiger partial charge is 0.234 e. The fraction of sp³-hybridized carbons (Fsp3) is 0.381. The maximum absolute atomic E-state index is 14.5. The molecule has 1 heterocycles. The average Bonchev–Trinajstić information content (AvgIpc) is 2.90. The highest BCUT2D eigenvalue weighted by Crippen LogP contribution is 2.35. The SMILES string of the molecule is CC1(C)C[C@@H](C(N)=O)N(Cc2ccc(OCc3cccc(F)c3)cc2F)C1. The maximum Gasteiger partial charge on any atom is 0.234 e. The fourth-order valence-corrected chi connectivity index (χ4v) is 3.58. The molecule has 3 rings (SSSR count). The number of nitrogens with zero attached hydrogens (tertiary/aromatic N) is 1. The van der Waals surface area contributed by atoms with Gasteiger partial charge in [-0.2, -0.15) is 0 Å². The summed E-state index contributed by atoms with van der Waals surface area (Å²) in [5, 5.41) is 0. The normalized spacial score (nSPS) is 19.2. The van der Waals surface area contributed by atoms with E-state index in [0.29, 0.717) is 36.4 Å². The lowest BCUT2D eigenvalue weighted by Gasteiger charge is -2.23. The summed E-state index contributed by atoms with van der Waals surface area (Å²) >= 11 is 0. The molecule has 27 heavy (non-hydrogen) atoms. The molecular formula is C21H24F2N2O2. The topological polar surface area (TPSA) is 55.6 Å². The van der Waals surface area contributed by atoms with Gasteiger partial charge in [0.2, 0.25) is 5.91 Å². The predicted octanol–water partition coefficient (Wildman–Crippen LogP) is 3.63. The number of carbonyl (C=O) groups is 1. The molecule has 1 aliphatic rings. The van der Waals surface area contributed by atoms with E-state index in [4.69, 9.17) is 10.5 Å². The van der Waals surface area contributed by atoms with Gasteiger partial charge in [-0.3, -0.25) is 9.69 Å². The zero-order valence-electron chi connectivity index (χ0n) is 15.5. The molecule has 0 bridgehead atoms. The summed E-state index contributed by atoms with van der Waals surface area (Å²) in [5.74, 6) is -0.750. The fourth-order valence-electron chi connectivity index (χ4n) is 3.58. The molecular weight excluding hydrogens is 350 g/mol. The van der Waals surface area contributed by atoms with E-state index < -0.39 is 5.82 Å². The average molecular weight is 374 g/mol. The van der Waals surface area contributed by atoms with E-state index in [9.17, 15) is 13.6 Å². The van der Waals surface area contributed by atoms with Crippen LogP contribution in [-0.4, -0.2) is 23.4 Å². The van der Waals surface area contributed by atoms with Crippen LogP contribution in [0.2, 0.25) is 0 Å². The van der Waals surface area contributed by atoms with Crippen LogP contribution in [0.25, 0.3) is 0 Å². The second-order valence-corrected chi connectivity index (χ2v) is 7.86. The van der Waals surface area contributed by atoms with Crippen molar-refractivity contribution in [2.24, 2.45) is 11.1 Å². The minimum absolute atomic E-state index is 0.0375. The molecule has 2 N–H and O–H groups in total. The van der Waals surface area contributed by atoms with Gasteiger partial charge < -0.3 is 10.5 Å². The van der Waals surface area contributed by atoms with Crippen molar-refractivity contribution in [1.29, 1.82) is 0 Å². The summed E-state index contributed by atoms with van der Waals surface area (Å²) in [6.07, 6.45) is 0.665. The van der Waals surface area contributed by atoms with Crippen molar-refractivity contribution in [1.82, 2.24) is 4.90 Å². The number of primary amides is 1. The van der Waals surface area contributed by atoms with Crippen molar-refractivity contribution in [3.05, 3.63) is 65.2 Å². The van der Waals surface area contributed by atoms with E-state index in [1.54, 1.807) is 24.3 Å². The molecule has 1 atom stereocenters. The van der Waals surface area contributed by atoms with E-state index in [-0.39, 0.29) is 29.8 Å². The Balaban J connectivity index is 1.67. The van der Waals surface area contributed by atoms with Crippen molar-refractivity contribution in [3.8, 4) is 5.75 Å². The number of halogens is 2. The highest BCUT2D eigenvalue weighted by Gasteiger charge is 2.40.